The molecule has 0 aliphatic rings. The Labute approximate surface area is 297 Å². The smallest absolute Gasteiger partial charge is 0.264 e. The fourth-order valence-electron chi connectivity index (χ4n) is 5.08. The van der Waals surface area contributed by atoms with Crippen molar-refractivity contribution in [3.05, 3.63) is 118 Å². The number of hydrogen-bond acceptors (Lipinski definition) is 6. The Hall–Kier alpha value is -3.70. The van der Waals surface area contributed by atoms with Crippen LogP contribution in [-0.2, 0) is 32.6 Å². The molecular weight excluding hydrogens is 689 g/mol. The molecule has 0 saturated carbocycles. The monoisotopic (exact) mass is 727 g/mol. The molecule has 4 aromatic carbocycles. The van der Waals surface area contributed by atoms with Gasteiger partial charge in [-0.2, -0.15) is 0 Å². The van der Waals surface area contributed by atoms with Crippen LogP contribution in [0.15, 0.2) is 107 Å². The Kier molecular flexibility index (Phi) is 13.6. The van der Waals surface area contributed by atoms with Crippen LogP contribution in [0.3, 0.4) is 0 Å². The highest BCUT2D eigenvalue weighted by atomic mass is 35.5. The predicted molar refractivity (Wildman–Crippen MR) is 195 cm³/mol. The Bertz CT molecular complexity index is 1790. The van der Waals surface area contributed by atoms with Crippen LogP contribution in [0.25, 0.3) is 0 Å². The SMILES string of the molecule is CCCNC(=O)[C@H](Cc1ccccc1)N(Cc1ccc(Cl)cc1Cl)C(=O)CN(c1ccccc1OCC)S(=O)(=O)c1ccc(SC)cc1. The van der Waals surface area contributed by atoms with Gasteiger partial charge in [-0.15, -0.1) is 11.8 Å². The van der Waals surface area contributed by atoms with E-state index in [1.54, 1.807) is 61.5 Å². The van der Waals surface area contributed by atoms with Crippen molar-refractivity contribution in [2.24, 2.45) is 0 Å². The molecule has 0 saturated heterocycles. The number of benzene rings is 4. The van der Waals surface area contributed by atoms with Crippen LogP contribution in [0.2, 0.25) is 10.0 Å². The molecule has 0 unspecified atom stereocenters. The second kappa shape index (κ2) is 17.6. The van der Waals surface area contributed by atoms with Gasteiger partial charge in [0, 0.05) is 34.5 Å². The van der Waals surface area contributed by atoms with Crippen LogP contribution >= 0.6 is 35.0 Å². The molecule has 0 aliphatic carbocycles. The first kappa shape index (κ1) is 37.1. The third-order valence-electron chi connectivity index (χ3n) is 7.54. The quantitative estimate of drug-likeness (QED) is 0.120. The van der Waals surface area contributed by atoms with Crippen molar-refractivity contribution in [2.45, 2.75) is 49.1 Å². The first-order valence-electron chi connectivity index (χ1n) is 15.5. The van der Waals surface area contributed by atoms with Gasteiger partial charge in [0.05, 0.1) is 17.2 Å². The van der Waals surface area contributed by atoms with Crippen molar-refractivity contribution in [1.82, 2.24) is 10.2 Å². The molecular formula is C36H39Cl2N3O5S2. The molecule has 8 nitrogen and oxygen atoms in total. The minimum Gasteiger partial charge on any atom is -0.492 e. The Morgan fingerprint density at radius 3 is 2.25 bits per heavy atom. The zero-order valence-electron chi connectivity index (χ0n) is 27.1. The van der Waals surface area contributed by atoms with Gasteiger partial charge in [0.15, 0.2) is 0 Å². The molecule has 0 radical (unpaired) electrons. The van der Waals surface area contributed by atoms with Crippen LogP contribution < -0.4 is 14.4 Å². The lowest BCUT2D eigenvalue weighted by molar-refractivity contribution is -0.140. The highest BCUT2D eigenvalue weighted by molar-refractivity contribution is 7.98. The van der Waals surface area contributed by atoms with Gasteiger partial charge in [0.2, 0.25) is 11.8 Å². The molecule has 1 N–H and O–H groups in total. The van der Waals surface area contributed by atoms with Crippen molar-refractivity contribution in [3.63, 3.8) is 0 Å². The maximum Gasteiger partial charge on any atom is 0.264 e. The number of sulfonamides is 1. The van der Waals surface area contributed by atoms with E-state index in [-0.39, 0.29) is 36.1 Å². The van der Waals surface area contributed by atoms with E-state index in [9.17, 15) is 18.0 Å². The standard InChI is InChI=1S/C36H39Cl2N3O5S2/c1-4-21-39-36(43)33(22-26-11-7-6-8-12-26)40(24-27-15-16-28(37)23-31(27)38)35(42)25-41(32-13-9-10-14-34(32)46-5-2)48(44,45)30-19-17-29(47-3)18-20-30/h6-20,23,33H,4-5,21-22,24-25H2,1-3H3,(H,39,43)/t33-/m0/s1. The zero-order chi connectivity index (χ0) is 34.7. The third-order valence-corrected chi connectivity index (χ3v) is 10.6. The normalized spacial score (nSPS) is 11.9. The van der Waals surface area contributed by atoms with E-state index in [1.165, 1.54) is 28.8 Å². The van der Waals surface area contributed by atoms with E-state index >= 15 is 0 Å². The van der Waals surface area contributed by atoms with Gasteiger partial charge in [-0.3, -0.25) is 13.9 Å². The minimum atomic E-state index is -4.30. The molecule has 12 heteroatoms. The van der Waals surface area contributed by atoms with Crippen LogP contribution in [0.1, 0.15) is 31.4 Å². The van der Waals surface area contributed by atoms with Crippen LogP contribution in [0.4, 0.5) is 5.69 Å². The van der Waals surface area contributed by atoms with Crippen molar-refractivity contribution < 1.29 is 22.7 Å². The summed E-state index contributed by atoms with van der Waals surface area (Å²) in [6.45, 7) is 3.72. The van der Waals surface area contributed by atoms with E-state index in [0.717, 1.165) is 14.8 Å². The summed E-state index contributed by atoms with van der Waals surface area (Å²) in [4.78, 5) is 30.8. The van der Waals surface area contributed by atoms with Gasteiger partial charge >= 0.3 is 0 Å². The molecule has 4 rings (SSSR count). The maximum atomic E-state index is 14.7. The molecule has 0 aromatic heterocycles. The zero-order valence-corrected chi connectivity index (χ0v) is 30.2. The fourth-order valence-corrected chi connectivity index (χ4v) is 7.38. The second-order valence-corrected chi connectivity index (χ2v) is 14.4. The van der Waals surface area contributed by atoms with E-state index in [1.807, 2.05) is 43.5 Å². The predicted octanol–water partition coefficient (Wildman–Crippen LogP) is 7.48. The number of nitrogens with one attached hydrogen (secondary N) is 1. The molecule has 1 atom stereocenters. The second-order valence-electron chi connectivity index (χ2n) is 10.8. The number of hydrogen-bond donors (Lipinski definition) is 1. The molecule has 0 fully saturated rings. The summed E-state index contributed by atoms with van der Waals surface area (Å²) in [6, 6.07) is 26.4. The number of carbonyl (C=O) groups excluding carboxylic acids is 2. The van der Waals surface area contributed by atoms with Gasteiger partial charge in [-0.1, -0.05) is 78.7 Å². The van der Waals surface area contributed by atoms with Crippen LogP contribution in [0.5, 0.6) is 5.75 Å². The van der Waals surface area contributed by atoms with Crippen LogP contribution in [0, 0.1) is 0 Å². The number of thioether (sulfide) groups is 1. The summed E-state index contributed by atoms with van der Waals surface area (Å²) in [5.41, 5.74) is 1.57. The van der Waals surface area contributed by atoms with Gasteiger partial charge in [0.1, 0.15) is 18.3 Å². The van der Waals surface area contributed by atoms with Crippen molar-refractivity contribution in [2.75, 3.05) is 30.3 Å². The van der Waals surface area contributed by atoms with E-state index < -0.39 is 28.5 Å². The number of anilines is 1. The molecule has 2 amide bonds. The Balaban J connectivity index is 1.85. The van der Waals surface area contributed by atoms with Gasteiger partial charge in [0.25, 0.3) is 10.0 Å². The molecule has 0 heterocycles. The van der Waals surface area contributed by atoms with E-state index in [4.69, 9.17) is 27.9 Å². The lowest BCUT2D eigenvalue weighted by atomic mass is 10.0. The molecule has 48 heavy (non-hydrogen) atoms. The summed E-state index contributed by atoms with van der Waals surface area (Å²) in [5.74, 6) is -0.675. The number of carbonyl (C=O) groups is 2. The average molecular weight is 729 g/mol. The van der Waals surface area contributed by atoms with Gasteiger partial charge in [-0.05, 0) is 79.3 Å². The van der Waals surface area contributed by atoms with E-state index in [2.05, 4.69) is 5.32 Å². The molecule has 4 aromatic rings. The lowest BCUT2D eigenvalue weighted by Gasteiger charge is -2.34. The highest BCUT2D eigenvalue weighted by Crippen LogP contribution is 2.34. The number of rotatable bonds is 16. The third kappa shape index (κ3) is 9.47. The Morgan fingerprint density at radius 1 is 0.917 bits per heavy atom. The maximum absolute atomic E-state index is 14.7. The lowest BCUT2D eigenvalue weighted by Crippen LogP contribution is -2.53. The molecule has 0 spiro atoms. The van der Waals surface area contributed by atoms with Crippen LogP contribution in [-0.4, -0.2) is 57.1 Å². The number of halogens is 2. The summed E-state index contributed by atoms with van der Waals surface area (Å²) in [5, 5.41) is 3.66. The van der Waals surface area contributed by atoms with Gasteiger partial charge in [-0.25, -0.2) is 8.42 Å². The Morgan fingerprint density at radius 2 is 1.60 bits per heavy atom. The van der Waals surface area contributed by atoms with Crippen molar-refractivity contribution in [1.29, 1.82) is 0 Å². The number of nitrogens with zero attached hydrogens (tertiary/aromatic N) is 2. The summed E-state index contributed by atoms with van der Waals surface area (Å²) >= 11 is 14.3. The number of ether oxygens (including phenoxy) is 1. The van der Waals surface area contributed by atoms with E-state index in [0.29, 0.717) is 34.3 Å². The van der Waals surface area contributed by atoms with Crippen molar-refractivity contribution >= 4 is 62.5 Å². The molecule has 254 valence electrons. The first-order valence-corrected chi connectivity index (χ1v) is 18.9. The fraction of sp³-hybridized carbons (Fsp3) is 0.278. The summed E-state index contributed by atoms with van der Waals surface area (Å²) < 4.78 is 35.7. The number of amides is 2. The summed E-state index contributed by atoms with van der Waals surface area (Å²) in [7, 11) is -4.30. The number of para-hydroxylation sites is 2. The first-order chi connectivity index (χ1) is 23.1. The van der Waals surface area contributed by atoms with Gasteiger partial charge < -0.3 is 15.0 Å². The van der Waals surface area contributed by atoms with Crippen molar-refractivity contribution in [3.8, 4) is 5.75 Å². The minimum absolute atomic E-state index is 0.00761. The average Bonchev–Trinajstić information content (AvgIpc) is 3.09. The topological polar surface area (TPSA) is 96.0 Å². The molecule has 0 bridgehead atoms. The summed E-state index contributed by atoms with van der Waals surface area (Å²) in [6.07, 6.45) is 2.78. The largest absolute Gasteiger partial charge is 0.492 e. The highest BCUT2D eigenvalue weighted by Gasteiger charge is 2.35. The molecule has 0 aliphatic heterocycles.